The standard InChI is InChI=1S/C26H21N5O3/c1-30(2)24(32)16-11-10-15(12-13-21-17-6-3-4-9-20(17)28-29-21)22(14-16)31-25(33)18-7-5-8-19(27)23(18)26(31)34/h3-14H,27H2,1-2H3,(H,28,29)/b13-12+. The van der Waals surface area contributed by atoms with Gasteiger partial charge < -0.3 is 10.6 Å². The summed E-state index contributed by atoms with van der Waals surface area (Å²) in [6.45, 7) is 0. The molecule has 3 N–H and O–H groups in total. The van der Waals surface area contributed by atoms with Crippen LogP contribution < -0.4 is 10.6 Å². The third kappa shape index (κ3) is 3.32. The monoisotopic (exact) mass is 451 g/mol. The van der Waals surface area contributed by atoms with Crippen LogP contribution in [0.1, 0.15) is 42.3 Å². The summed E-state index contributed by atoms with van der Waals surface area (Å²) < 4.78 is 0. The van der Waals surface area contributed by atoms with Gasteiger partial charge in [-0.1, -0.05) is 36.4 Å². The molecule has 0 spiro atoms. The van der Waals surface area contributed by atoms with E-state index in [0.29, 0.717) is 22.5 Å². The van der Waals surface area contributed by atoms with Gasteiger partial charge in [-0.2, -0.15) is 5.10 Å². The van der Waals surface area contributed by atoms with E-state index in [0.717, 1.165) is 15.8 Å². The molecule has 0 saturated carbocycles. The average molecular weight is 451 g/mol. The number of nitrogens with one attached hydrogen (secondary N) is 1. The number of aromatic nitrogens is 2. The van der Waals surface area contributed by atoms with Gasteiger partial charge in [-0.15, -0.1) is 0 Å². The van der Waals surface area contributed by atoms with Crippen LogP contribution in [0, 0.1) is 0 Å². The topological polar surface area (TPSA) is 112 Å². The number of nitrogens with two attached hydrogens (primary N) is 1. The minimum absolute atomic E-state index is 0.171. The molecule has 0 unspecified atom stereocenters. The van der Waals surface area contributed by atoms with Gasteiger partial charge in [0.05, 0.1) is 28.0 Å². The summed E-state index contributed by atoms with van der Waals surface area (Å²) in [4.78, 5) is 41.7. The van der Waals surface area contributed by atoms with Gasteiger partial charge in [0.1, 0.15) is 0 Å². The largest absolute Gasteiger partial charge is 0.398 e. The molecule has 0 saturated heterocycles. The number of imide groups is 1. The van der Waals surface area contributed by atoms with Crippen LogP contribution in [0.3, 0.4) is 0 Å². The number of para-hydroxylation sites is 1. The highest BCUT2D eigenvalue weighted by atomic mass is 16.2. The lowest BCUT2D eigenvalue weighted by atomic mass is 10.1. The predicted molar refractivity (Wildman–Crippen MR) is 131 cm³/mol. The van der Waals surface area contributed by atoms with Gasteiger partial charge in [-0.25, -0.2) is 4.90 Å². The van der Waals surface area contributed by atoms with Crippen molar-refractivity contribution in [2.45, 2.75) is 0 Å². The van der Waals surface area contributed by atoms with Crippen molar-refractivity contribution in [1.82, 2.24) is 15.1 Å². The molecule has 0 radical (unpaired) electrons. The van der Waals surface area contributed by atoms with E-state index in [1.54, 1.807) is 62.6 Å². The molecule has 2 heterocycles. The number of nitrogens with zero attached hydrogens (tertiary/aromatic N) is 3. The van der Waals surface area contributed by atoms with E-state index in [1.807, 2.05) is 24.3 Å². The van der Waals surface area contributed by atoms with Crippen molar-refractivity contribution in [3.05, 3.63) is 88.6 Å². The van der Waals surface area contributed by atoms with E-state index < -0.39 is 11.8 Å². The number of carbonyl (C=O) groups excluding carboxylic acids is 3. The number of H-pyrrole nitrogens is 1. The first kappa shape index (κ1) is 21.1. The smallest absolute Gasteiger partial charge is 0.268 e. The highest BCUT2D eigenvalue weighted by Crippen LogP contribution is 2.35. The molecule has 34 heavy (non-hydrogen) atoms. The maximum absolute atomic E-state index is 13.3. The number of fused-ring (bicyclic) bond motifs is 2. The molecule has 4 aromatic rings. The van der Waals surface area contributed by atoms with Gasteiger partial charge in [0.2, 0.25) is 0 Å². The van der Waals surface area contributed by atoms with Crippen molar-refractivity contribution in [2.75, 3.05) is 24.7 Å². The molecular weight excluding hydrogens is 430 g/mol. The van der Waals surface area contributed by atoms with Gasteiger partial charge in [0.15, 0.2) is 0 Å². The minimum atomic E-state index is -0.521. The maximum Gasteiger partial charge on any atom is 0.268 e. The Labute approximate surface area is 195 Å². The van der Waals surface area contributed by atoms with Crippen molar-refractivity contribution in [3.63, 3.8) is 0 Å². The van der Waals surface area contributed by atoms with E-state index in [2.05, 4.69) is 10.2 Å². The SMILES string of the molecule is CN(C)C(=O)c1ccc(/C=C/c2n[nH]c3ccccc23)c(N2C(=O)c3cccc(N)c3C2=O)c1. The second-order valence-electron chi connectivity index (χ2n) is 8.18. The molecule has 3 aromatic carbocycles. The van der Waals surface area contributed by atoms with Crippen molar-refractivity contribution in [1.29, 1.82) is 0 Å². The van der Waals surface area contributed by atoms with Crippen molar-refractivity contribution < 1.29 is 14.4 Å². The van der Waals surface area contributed by atoms with Gasteiger partial charge >= 0.3 is 0 Å². The first-order valence-electron chi connectivity index (χ1n) is 10.6. The quantitative estimate of drug-likeness (QED) is 0.362. The molecular formula is C26H21N5O3. The highest BCUT2D eigenvalue weighted by Gasteiger charge is 2.39. The van der Waals surface area contributed by atoms with Gasteiger partial charge in [-0.05, 0) is 42.0 Å². The molecule has 1 aliphatic heterocycles. The number of nitrogen functional groups attached to an aromatic ring is 1. The van der Waals surface area contributed by atoms with Crippen LogP contribution in [0.25, 0.3) is 23.1 Å². The van der Waals surface area contributed by atoms with Gasteiger partial charge in [-0.3, -0.25) is 19.5 Å². The third-order valence-electron chi connectivity index (χ3n) is 5.79. The summed E-state index contributed by atoms with van der Waals surface area (Å²) in [5.41, 5.74) is 9.49. The van der Waals surface area contributed by atoms with Crippen LogP contribution >= 0.6 is 0 Å². The summed E-state index contributed by atoms with van der Waals surface area (Å²) >= 11 is 0. The Morgan fingerprint density at radius 2 is 1.79 bits per heavy atom. The van der Waals surface area contributed by atoms with Crippen molar-refractivity contribution >= 4 is 52.2 Å². The Balaban J connectivity index is 1.63. The minimum Gasteiger partial charge on any atom is -0.398 e. The van der Waals surface area contributed by atoms with Crippen molar-refractivity contribution in [3.8, 4) is 0 Å². The molecule has 8 heteroatoms. The van der Waals surface area contributed by atoms with E-state index in [-0.39, 0.29) is 22.7 Å². The lowest BCUT2D eigenvalue weighted by Crippen LogP contribution is -2.31. The summed E-state index contributed by atoms with van der Waals surface area (Å²) in [6, 6.07) is 17.5. The summed E-state index contributed by atoms with van der Waals surface area (Å²) in [7, 11) is 3.28. The number of rotatable bonds is 4. The molecule has 0 atom stereocenters. The van der Waals surface area contributed by atoms with E-state index in [9.17, 15) is 14.4 Å². The fourth-order valence-electron chi connectivity index (χ4n) is 4.08. The normalized spacial score (nSPS) is 13.2. The molecule has 0 aliphatic carbocycles. The third-order valence-corrected chi connectivity index (χ3v) is 5.79. The van der Waals surface area contributed by atoms with E-state index >= 15 is 0 Å². The van der Waals surface area contributed by atoms with Gasteiger partial charge in [0, 0.05) is 30.7 Å². The zero-order valence-corrected chi connectivity index (χ0v) is 18.6. The van der Waals surface area contributed by atoms with E-state index in [1.165, 1.54) is 4.90 Å². The average Bonchev–Trinajstić information content (AvgIpc) is 3.36. The summed E-state index contributed by atoms with van der Waals surface area (Å²) in [5.74, 6) is -1.25. The Kier molecular flexibility index (Phi) is 4.98. The maximum atomic E-state index is 13.3. The Bertz CT molecular complexity index is 1520. The predicted octanol–water partition coefficient (Wildman–Crippen LogP) is 3.82. The number of benzene rings is 3. The molecule has 1 aromatic heterocycles. The van der Waals surface area contributed by atoms with Crippen LogP contribution in [-0.4, -0.2) is 46.9 Å². The van der Waals surface area contributed by atoms with Crippen LogP contribution in [0.5, 0.6) is 0 Å². The second kappa shape index (κ2) is 8.00. The Morgan fingerprint density at radius 3 is 2.56 bits per heavy atom. The lowest BCUT2D eigenvalue weighted by molar-refractivity contribution is 0.0825. The van der Waals surface area contributed by atoms with Crippen molar-refractivity contribution in [2.24, 2.45) is 0 Å². The van der Waals surface area contributed by atoms with Crippen LogP contribution in [-0.2, 0) is 0 Å². The van der Waals surface area contributed by atoms with Gasteiger partial charge in [0.25, 0.3) is 17.7 Å². The molecule has 0 bridgehead atoms. The summed E-state index contributed by atoms with van der Waals surface area (Å²) in [6.07, 6.45) is 3.58. The Hall–Kier alpha value is -4.72. The molecule has 1 aliphatic rings. The first-order valence-corrected chi connectivity index (χ1v) is 10.6. The molecule has 5 rings (SSSR count). The number of carbonyl (C=O) groups is 3. The lowest BCUT2D eigenvalue weighted by Gasteiger charge is -2.19. The number of hydrogen-bond donors (Lipinski definition) is 2. The zero-order chi connectivity index (χ0) is 24.0. The molecule has 8 nitrogen and oxygen atoms in total. The molecule has 3 amide bonds. The molecule has 168 valence electrons. The fraction of sp³-hybridized carbons (Fsp3) is 0.0769. The molecule has 0 fully saturated rings. The van der Waals surface area contributed by atoms with Crippen LogP contribution in [0.2, 0.25) is 0 Å². The second-order valence-corrected chi connectivity index (χ2v) is 8.18. The van der Waals surface area contributed by atoms with Crippen LogP contribution in [0.4, 0.5) is 11.4 Å². The van der Waals surface area contributed by atoms with Crippen LogP contribution in [0.15, 0.2) is 60.7 Å². The van der Waals surface area contributed by atoms with E-state index in [4.69, 9.17) is 5.73 Å². The number of anilines is 2. The number of amides is 3. The fourth-order valence-corrected chi connectivity index (χ4v) is 4.08. The zero-order valence-electron chi connectivity index (χ0n) is 18.6. The summed E-state index contributed by atoms with van der Waals surface area (Å²) in [5, 5.41) is 8.26. The Morgan fingerprint density at radius 1 is 1.00 bits per heavy atom. The number of hydrogen-bond acceptors (Lipinski definition) is 5. The highest BCUT2D eigenvalue weighted by molar-refractivity contribution is 6.36. The first-order chi connectivity index (χ1) is 16.4. The number of aromatic amines is 1.